The largest absolute Gasteiger partial charge is 0.447 e. The van der Waals surface area contributed by atoms with Crippen LogP contribution in [0.15, 0.2) is 0 Å². The van der Waals surface area contributed by atoms with Crippen molar-refractivity contribution < 1.29 is 4.74 Å². The lowest BCUT2D eigenvalue weighted by Crippen LogP contribution is -2.17. The number of hydrogen-bond donors (Lipinski definition) is 0. The lowest BCUT2D eigenvalue weighted by Gasteiger charge is -2.23. The Hall–Kier alpha value is -0.640. The van der Waals surface area contributed by atoms with Gasteiger partial charge in [-0.05, 0) is 36.0 Å². The summed E-state index contributed by atoms with van der Waals surface area (Å²) in [4.78, 5) is 0. The first-order valence-corrected chi connectivity index (χ1v) is 4.75. The third kappa shape index (κ3) is 0.941. The van der Waals surface area contributed by atoms with Crippen LogP contribution in [0, 0.1) is 35.7 Å². The standard InChI is InChI=1S/C11H16O/c1-4-12-6-5-8-7-9-10(8)11(9,2)3/h1,8-10H,5-7H2,2-3H3. The summed E-state index contributed by atoms with van der Waals surface area (Å²) in [6.07, 6.45) is 9.79. The van der Waals surface area contributed by atoms with E-state index < -0.39 is 0 Å². The van der Waals surface area contributed by atoms with Gasteiger partial charge in [0.25, 0.3) is 0 Å². The molecule has 2 rings (SSSR count). The van der Waals surface area contributed by atoms with E-state index in [2.05, 4.69) is 20.0 Å². The third-order valence-electron chi connectivity index (χ3n) is 3.88. The third-order valence-corrected chi connectivity index (χ3v) is 3.88. The molecule has 0 aliphatic heterocycles. The van der Waals surface area contributed by atoms with Gasteiger partial charge >= 0.3 is 0 Å². The predicted octanol–water partition coefficient (Wildman–Crippen LogP) is 2.28. The molecule has 66 valence electrons. The summed E-state index contributed by atoms with van der Waals surface area (Å²) in [5.41, 5.74) is 0.640. The second-order valence-corrected chi connectivity index (χ2v) is 4.70. The molecule has 0 bridgehead atoms. The topological polar surface area (TPSA) is 9.23 Å². The molecule has 0 radical (unpaired) electrons. The molecule has 1 heteroatoms. The highest BCUT2D eigenvalue weighted by Gasteiger charge is 2.67. The second-order valence-electron chi connectivity index (χ2n) is 4.70. The Morgan fingerprint density at radius 3 is 2.75 bits per heavy atom. The molecule has 0 heterocycles. The summed E-state index contributed by atoms with van der Waals surface area (Å²) in [6, 6.07) is 0. The Kier molecular flexibility index (Phi) is 1.61. The Morgan fingerprint density at radius 1 is 1.58 bits per heavy atom. The Balaban J connectivity index is 1.71. The van der Waals surface area contributed by atoms with Crippen LogP contribution < -0.4 is 0 Å². The monoisotopic (exact) mass is 164 g/mol. The summed E-state index contributed by atoms with van der Waals surface area (Å²) in [7, 11) is 0. The van der Waals surface area contributed by atoms with Crippen molar-refractivity contribution in [1.29, 1.82) is 0 Å². The van der Waals surface area contributed by atoms with Crippen LogP contribution in [0.3, 0.4) is 0 Å². The fourth-order valence-corrected chi connectivity index (χ4v) is 3.02. The number of rotatable bonds is 3. The predicted molar refractivity (Wildman–Crippen MR) is 48.3 cm³/mol. The summed E-state index contributed by atoms with van der Waals surface area (Å²) in [5, 5.41) is 0. The van der Waals surface area contributed by atoms with Crippen molar-refractivity contribution in [2.75, 3.05) is 6.61 Å². The molecular formula is C11H16O. The maximum absolute atomic E-state index is 5.00. The van der Waals surface area contributed by atoms with Crippen LogP contribution in [-0.2, 0) is 4.74 Å². The van der Waals surface area contributed by atoms with E-state index in [1.54, 1.807) is 0 Å². The Bertz CT molecular complexity index is 224. The molecule has 0 N–H and O–H groups in total. The molecule has 2 fully saturated rings. The number of hydrogen-bond acceptors (Lipinski definition) is 1. The molecule has 0 saturated heterocycles. The number of terminal acetylenes is 1. The molecule has 0 aromatic carbocycles. The van der Waals surface area contributed by atoms with Crippen molar-refractivity contribution in [2.24, 2.45) is 23.2 Å². The van der Waals surface area contributed by atoms with Crippen LogP contribution in [0.25, 0.3) is 0 Å². The fourth-order valence-electron chi connectivity index (χ4n) is 3.02. The van der Waals surface area contributed by atoms with Crippen LogP contribution in [0.4, 0.5) is 0 Å². The smallest absolute Gasteiger partial charge is 0.106 e. The molecule has 2 aliphatic rings. The minimum absolute atomic E-state index is 0.640. The maximum atomic E-state index is 5.00. The van der Waals surface area contributed by atoms with Gasteiger partial charge in [-0.25, -0.2) is 0 Å². The normalized spacial score (nSPS) is 40.6. The van der Waals surface area contributed by atoms with Gasteiger partial charge in [-0.3, -0.25) is 0 Å². The zero-order valence-electron chi connectivity index (χ0n) is 7.84. The van der Waals surface area contributed by atoms with E-state index in [1.165, 1.54) is 6.42 Å². The van der Waals surface area contributed by atoms with Crippen molar-refractivity contribution in [3.05, 3.63) is 0 Å². The van der Waals surface area contributed by atoms with Crippen LogP contribution in [0.2, 0.25) is 0 Å². The average molecular weight is 164 g/mol. The SMILES string of the molecule is C#COCCC1CC2C1C2(C)C. The molecule has 0 aromatic rings. The van der Waals surface area contributed by atoms with Gasteiger partial charge in [-0.1, -0.05) is 20.3 Å². The molecule has 3 atom stereocenters. The second kappa shape index (κ2) is 2.42. The van der Waals surface area contributed by atoms with Crippen LogP contribution in [0.1, 0.15) is 26.7 Å². The molecule has 2 aliphatic carbocycles. The first-order valence-electron chi connectivity index (χ1n) is 4.75. The van der Waals surface area contributed by atoms with Gasteiger partial charge in [0.05, 0.1) is 0 Å². The van der Waals surface area contributed by atoms with Gasteiger partial charge in [-0.15, -0.1) is 0 Å². The van der Waals surface area contributed by atoms with E-state index in [1.807, 2.05) is 0 Å². The van der Waals surface area contributed by atoms with E-state index in [4.69, 9.17) is 11.2 Å². The van der Waals surface area contributed by atoms with Crippen LogP contribution in [-0.4, -0.2) is 6.61 Å². The van der Waals surface area contributed by atoms with E-state index in [0.29, 0.717) is 5.41 Å². The number of ether oxygens (including phenoxy) is 1. The Morgan fingerprint density at radius 2 is 2.33 bits per heavy atom. The van der Waals surface area contributed by atoms with Gasteiger partial charge in [0.2, 0.25) is 0 Å². The first kappa shape index (κ1) is 7.98. The quantitative estimate of drug-likeness (QED) is 0.459. The van der Waals surface area contributed by atoms with Crippen molar-refractivity contribution in [3.8, 4) is 12.5 Å². The van der Waals surface area contributed by atoms with Crippen molar-refractivity contribution in [2.45, 2.75) is 26.7 Å². The minimum atomic E-state index is 0.640. The van der Waals surface area contributed by atoms with Crippen molar-refractivity contribution >= 4 is 0 Å². The molecule has 2 saturated carbocycles. The highest BCUT2D eigenvalue weighted by atomic mass is 16.5. The van der Waals surface area contributed by atoms with E-state index in [-0.39, 0.29) is 0 Å². The maximum Gasteiger partial charge on any atom is 0.106 e. The Labute approximate surface area is 74.5 Å². The zero-order valence-corrected chi connectivity index (χ0v) is 7.84. The van der Waals surface area contributed by atoms with E-state index >= 15 is 0 Å². The average Bonchev–Trinajstić information content (AvgIpc) is 2.36. The summed E-state index contributed by atoms with van der Waals surface area (Å²) in [6.45, 7) is 5.51. The molecule has 3 unspecified atom stereocenters. The van der Waals surface area contributed by atoms with Gasteiger partial charge in [-0.2, -0.15) is 0 Å². The fraction of sp³-hybridized carbons (Fsp3) is 0.818. The zero-order chi connectivity index (χ0) is 8.77. The summed E-state index contributed by atoms with van der Waals surface area (Å²) in [5.74, 6) is 2.91. The summed E-state index contributed by atoms with van der Waals surface area (Å²) < 4.78 is 4.90. The van der Waals surface area contributed by atoms with Crippen molar-refractivity contribution in [1.82, 2.24) is 0 Å². The molecule has 1 nitrogen and oxygen atoms in total. The molecule has 0 spiro atoms. The highest BCUT2D eigenvalue weighted by Crippen LogP contribution is 2.73. The van der Waals surface area contributed by atoms with Gasteiger partial charge in [0.15, 0.2) is 0 Å². The van der Waals surface area contributed by atoms with E-state index in [0.717, 1.165) is 30.8 Å². The lowest BCUT2D eigenvalue weighted by molar-refractivity contribution is 0.189. The van der Waals surface area contributed by atoms with Crippen LogP contribution >= 0.6 is 0 Å². The van der Waals surface area contributed by atoms with Gasteiger partial charge < -0.3 is 4.74 Å². The molecule has 12 heavy (non-hydrogen) atoms. The molecule has 0 aromatic heterocycles. The summed E-state index contributed by atoms with van der Waals surface area (Å²) >= 11 is 0. The first-order chi connectivity index (χ1) is 5.68. The molecular weight excluding hydrogens is 148 g/mol. The van der Waals surface area contributed by atoms with Crippen molar-refractivity contribution in [3.63, 3.8) is 0 Å². The molecule has 0 amide bonds. The lowest BCUT2D eigenvalue weighted by atomic mass is 9.83. The van der Waals surface area contributed by atoms with Crippen LogP contribution in [0.5, 0.6) is 0 Å². The highest BCUT2D eigenvalue weighted by molar-refractivity contribution is 5.15. The van der Waals surface area contributed by atoms with Gasteiger partial charge in [0, 0.05) is 0 Å². The van der Waals surface area contributed by atoms with Gasteiger partial charge in [0.1, 0.15) is 12.7 Å². The van der Waals surface area contributed by atoms with E-state index in [9.17, 15) is 0 Å². The number of fused-ring (bicyclic) bond motifs is 1. The minimum Gasteiger partial charge on any atom is -0.447 e.